The number of carbonyl (C=O) groups excluding carboxylic acids is 1. The monoisotopic (exact) mass is 342 g/mol. The molecule has 25 heavy (non-hydrogen) atoms. The molecule has 2 N–H and O–H groups in total. The zero-order valence-corrected chi connectivity index (χ0v) is 16.4. The molecule has 5 heteroatoms. The van der Waals surface area contributed by atoms with E-state index in [9.17, 15) is 4.79 Å². The minimum absolute atomic E-state index is 0.140. The fraction of sp³-hybridized carbons (Fsp3) is 0.500. The molecular weight excluding hydrogens is 312 g/mol. The highest BCUT2D eigenvalue weighted by Crippen LogP contribution is 2.27. The van der Waals surface area contributed by atoms with Crippen molar-refractivity contribution in [2.75, 3.05) is 11.9 Å². The number of carbonyl (C=O) groups is 1. The molecule has 0 spiro atoms. The number of hydrogen-bond acceptors (Lipinski definition) is 2. The van der Waals surface area contributed by atoms with E-state index < -0.39 is 0 Å². The predicted octanol–water partition coefficient (Wildman–Crippen LogP) is 4.13. The third-order valence-electron chi connectivity index (χ3n) is 4.58. The quantitative estimate of drug-likeness (QED) is 0.878. The maximum absolute atomic E-state index is 12.1. The van der Waals surface area contributed by atoms with Gasteiger partial charge in [0.1, 0.15) is 0 Å². The van der Waals surface area contributed by atoms with E-state index in [1.807, 2.05) is 20.0 Å². The highest BCUT2D eigenvalue weighted by Gasteiger charge is 2.22. The van der Waals surface area contributed by atoms with Crippen LogP contribution in [0.25, 0.3) is 0 Å². The van der Waals surface area contributed by atoms with Gasteiger partial charge in [-0.05, 0) is 23.5 Å². The Hall–Kier alpha value is -2.30. The van der Waals surface area contributed by atoms with Crippen molar-refractivity contribution in [3.05, 3.63) is 47.2 Å². The molecule has 0 bridgehead atoms. The molecule has 2 rings (SSSR count). The number of aryl methyl sites for hydroxylation is 2. The third-order valence-corrected chi connectivity index (χ3v) is 4.58. The minimum Gasteiger partial charge on any atom is -0.337 e. The molecule has 0 atom stereocenters. The van der Waals surface area contributed by atoms with Gasteiger partial charge >= 0.3 is 6.03 Å². The summed E-state index contributed by atoms with van der Waals surface area (Å²) >= 11 is 0. The second-order valence-electron chi connectivity index (χ2n) is 8.31. The molecule has 1 heterocycles. The van der Waals surface area contributed by atoms with E-state index in [0.29, 0.717) is 12.4 Å². The van der Waals surface area contributed by atoms with Gasteiger partial charge in [-0.3, -0.25) is 10.00 Å². The standard InChI is InChI=1S/C20H30N4O/c1-14-12-17(23-24(14)7)22-18(25)21-13-20(5,6)16-10-8-15(9-11-16)19(2,3)4/h8-12H,13H2,1-7H3,(H2,21,22,23,25). The van der Waals surface area contributed by atoms with Crippen LogP contribution in [-0.4, -0.2) is 22.4 Å². The summed E-state index contributed by atoms with van der Waals surface area (Å²) in [5.74, 6) is 0.560. The van der Waals surface area contributed by atoms with Crippen molar-refractivity contribution in [2.45, 2.75) is 52.4 Å². The van der Waals surface area contributed by atoms with Gasteiger partial charge in [0.25, 0.3) is 0 Å². The first-order chi connectivity index (χ1) is 11.5. The molecule has 0 radical (unpaired) electrons. The van der Waals surface area contributed by atoms with E-state index in [2.05, 4.69) is 74.6 Å². The smallest absolute Gasteiger partial charge is 0.320 e. The van der Waals surface area contributed by atoms with E-state index in [1.54, 1.807) is 4.68 Å². The molecule has 0 saturated heterocycles. The lowest BCUT2D eigenvalue weighted by atomic mass is 9.81. The molecule has 0 aliphatic carbocycles. The number of anilines is 1. The van der Waals surface area contributed by atoms with E-state index in [1.165, 1.54) is 11.1 Å². The van der Waals surface area contributed by atoms with Crippen LogP contribution in [0.15, 0.2) is 30.3 Å². The van der Waals surface area contributed by atoms with Gasteiger partial charge < -0.3 is 5.32 Å². The summed E-state index contributed by atoms with van der Waals surface area (Å²) in [5.41, 5.74) is 3.49. The molecule has 1 aromatic carbocycles. The van der Waals surface area contributed by atoms with Gasteiger partial charge in [-0.15, -0.1) is 0 Å². The Balaban J connectivity index is 1.97. The lowest BCUT2D eigenvalue weighted by Gasteiger charge is -2.27. The van der Waals surface area contributed by atoms with Crippen molar-refractivity contribution in [2.24, 2.45) is 7.05 Å². The first-order valence-electron chi connectivity index (χ1n) is 8.65. The zero-order chi connectivity index (χ0) is 18.8. The van der Waals surface area contributed by atoms with E-state index in [-0.39, 0.29) is 16.9 Å². The first kappa shape index (κ1) is 19.0. The molecule has 0 unspecified atom stereocenters. The highest BCUT2D eigenvalue weighted by atomic mass is 16.2. The Morgan fingerprint density at radius 3 is 2.12 bits per heavy atom. The van der Waals surface area contributed by atoms with Gasteiger partial charge in [0.05, 0.1) is 0 Å². The van der Waals surface area contributed by atoms with Crippen LogP contribution in [0.4, 0.5) is 10.6 Å². The molecule has 136 valence electrons. The van der Waals surface area contributed by atoms with E-state index >= 15 is 0 Å². The SMILES string of the molecule is Cc1cc(NC(=O)NCC(C)(C)c2ccc(C(C)(C)C)cc2)nn1C. The number of rotatable bonds is 4. The topological polar surface area (TPSA) is 59.0 Å². The summed E-state index contributed by atoms with van der Waals surface area (Å²) < 4.78 is 1.73. The number of aromatic nitrogens is 2. The summed E-state index contributed by atoms with van der Waals surface area (Å²) in [6.45, 7) is 13.4. The minimum atomic E-state index is -0.238. The molecule has 0 aliphatic rings. The van der Waals surface area contributed by atoms with Crippen molar-refractivity contribution in [3.63, 3.8) is 0 Å². The lowest BCUT2D eigenvalue weighted by molar-refractivity contribution is 0.249. The zero-order valence-electron chi connectivity index (χ0n) is 16.4. The van der Waals surface area contributed by atoms with Crippen LogP contribution in [0.2, 0.25) is 0 Å². The molecular formula is C20H30N4O. The van der Waals surface area contributed by atoms with Crippen LogP contribution in [0, 0.1) is 6.92 Å². The maximum atomic E-state index is 12.1. The molecule has 0 saturated carbocycles. The summed E-state index contributed by atoms with van der Waals surface area (Å²) in [5, 5.41) is 9.95. The highest BCUT2D eigenvalue weighted by molar-refractivity contribution is 5.88. The number of amides is 2. The number of nitrogens with one attached hydrogen (secondary N) is 2. The average molecular weight is 342 g/mol. The molecule has 5 nitrogen and oxygen atoms in total. The summed E-state index contributed by atoms with van der Waals surface area (Å²) in [4.78, 5) is 12.1. The van der Waals surface area contributed by atoms with Gasteiger partial charge in [0, 0.05) is 30.8 Å². The van der Waals surface area contributed by atoms with E-state index in [0.717, 1.165) is 5.69 Å². The normalized spacial score (nSPS) is 12.1. The second kappa shape index (κ2) is 6.90. The lowest BCUT2D eigenvalue weighted by Crippen LogP contribution is -2.39. The van der Waals surface area contributed by atoms with Crippen LogP contribution in [-0.2, 0) is 17.9 Å². The molecule has 2 aromatic rings. The Labute approximate surface area is 150 Å². The number of hydrogen-bond donors (Lipinski definition) is 2. The van der Waals surface area contributed by atoms with Crippen LogP contribution in [0.3, 0.4) is 0 Å². The van der Waals surface area contributed by atoms with Gasteiger partial charge in [-0.25, -0.2) is 4.79 Å². The Morgan fingerprint density at radius 1 is 1.08 bits per heavy atom. The van der Waals surface area contributed by atoms with Gasteiger partial charge in [-0.2, -0.15) is 5.10 Å². The average Bonchev–Trinajstić information content (AvgIpc) is 2.82. The van der Waals surface area contributed by atoms with Crippen molar-refractivity contribution >= 4 is 11.8 Å². The Bertz CT molecular complexity index is 717. The van der Waals surface area contributed by atoms with Crippen molar-refractivity contribution in [3.8, 4) is 0 Å². The number of nitrogens with zero attached hydrogens (tertiary/aromatic N) is 2. The number of benzene rings is 1. The fourth-order valence-corrected chi connectivity index (χ4v) is 2.61. The predicted molar refractivity (Wildman–Crippen MR) is 103 cm³/mol. The fourth-order valence-electron chi connectivity index (χ4n) is 2.61. The van der Waals surface area contributed by atoms with Crippen LogP contribution in [0.1, 0.15) is 51.4 Å². The van der Waals surface area contributed by atoms with Gasteiger partial charge in [0.15, 0.2) is 5.82 Å². The summed E-state index contributed by atoms with van der Waals surface area (Å²) in [7, 11) is 1.85. The van der Waals surface area contributed by atoms with Crippen LogP contribution >= 0.6 is 0 Å². The van der Waals surface area contributed by atoms with Gasteiger partial charge in [-0.1, -0.05) is 58.9 Å². The Kier molecular flexibility index (Phi) is 5.26. The summed E-state index contributed by atoms with van der Waals surface area (Å²) in [6.07, 6.45) is 0. The van der Waals surface area contributed by atoms with Crippen molar-refractivity contribution < 1.29 is 4.79 Å². The molecule has 2 amide bonds. The Morgan fingerprint density at radius 2 is 1.64 bits per heavy atom. The second-order valence-corrected chi connectivity index (χ2v) is 8.31. The van der Waals surface area contributed by atoms with E-state index in [4.69, 9.17) is 0 Å². The van der Waals surface area contributed by atoms with Gasteiger partial charge in [0.2, 0.25) is 0 Å². The van der Waals surface area contributed by atoms with Crippen LogP contribution in [0.5, 0.6) is 0 Å². The molecule has 0 fully saturated rings. The van der Waals surface area contributed by atoms with Crippen molar-refractivity contribution in [1.82, 2.24) is 15.1 Å². The molecule has 1 aromatic heterocycles. The largest absolute Gasteiger partial charge is 0.337 e. The van der Waals surface area contributed by atoms with Crippen LogP contribution < -0.4 is 10.6 Å². The van der Waals surface area contributed by atoms with Crippen molar-refractivity contribution in [1.29, 1.82) is 0 Å². The third kappa shape index (κ3) is 4.84. The maximum Gasteiger partial charge on any atom is 0.320 e. The first-order valence-corrected chi connectivity index (χ1v) is 8.65. The summed E-state index contributed by atoms with van der Waals surface area (Å²) in [6, 6.07) is 10.3. The number of urea groups is 1. The molecule has 0 aliphatic heterocycles.